The van der Waals surface area contributed by atoms with Crippen LogP contribution in [0.3, 0.4) is 0 Å². The third-order valence-electron chi connectivity index (χ3n) is 5.95. The van der Waals surface area contributed by atoms with Gasteiger partial charge in [0, 0.05) is 37.3 Å². The lowest BCUT2D eigenvalue weighted by molar-refractivity contribution is 0.0625. The standard InChI is InChI=1S/C21H21Cl2N5O2S/c22-14-9-12(10-24-18(14)23)21(30)28-7-5-27(6-8-28)11-16-25-19(29)17-13-3-1-2-4-15(13)31-20(17)26-16/h9-10H,1-8,11H2,(H,25,26,29). The van der Waals surface area contributed by atoms with Crippen molar-refractivity contribution in [3.8, 4) is 0 Å². The molecular formula is C21H21Cl2N5O2S. The van der Waals surface area contributed by atoms with E-state index >= 15 is 0 Å². The maximum atomic E-state index is 12.7. The minimum atomic E-state index is -0.108. The summed E-state index contributed by atoms with van der Waals surface area (Å²) >= 11 is 13.5. The summed E-state index contributed by atoms with van der Waals surface area (Å²) in [6.07, 6.45) is 5.81. The number of fused-ring (bicyclic) bond motifs is 3. The number of carbonyl (C=O) groups is 1. The number of hydrogen-bond acceptors (Lipinski definition) is 6. The van der Waals surface area contributed by atoms with E-state index in [1.165, 1.54) is 23.1 Å². The van der Waals surface area contributed by atoms with Crippen molar-refractivity contribution < 1.29 is 4.79 Å². The summed E-state index contributed by atoms with van der Waals surface area (Å²) < 4.78 is 0. The molecular weight excluding hydrogens is 457 g/mol. The van der Waals surface area contributed by atoms with E-state index in [0.717, 1.165) is 29.5 Å². The molecule has 0 radical (unpaired) electrons. The summed E-state index contributed by atoms with van der Waals surface area (Å²) in [5, 5.41) is 1.24. The van der Waals surface area contributed by atoms with Crippen LogP contribution in [0.5, 0.6) is 0 Å². The molecule has 162 valence electrons. The third-order valence-corrected chi connectivity index (χ3v) is 7.82. The zero-order valence-electron chi connectivity index (χ0n) is 16.8. The van der Waals surface area contributed by atoms with E-state index in [1.54, 1.807) is 22.3 Å². The number of aryl methyl sites for hydroxylation is 2. The van der Waals surface area contributed by atoms with Gasteiger partial charge in [0.2, 0.25) is 0 Å². The van der Waals surface area contributed by atoms with Crippen LogP contribution in [-0.4, -0.2) is 56.8 Å². The molecule has 1 fully saturated rings. The summed E-state index contributed by atoms with van der Waals surface area (Å²) in [6.45, 7) is 3.12. The van der Waals surface area contributed by atoms with Crippen LogP contribution < -0.4 is 5.56 Å². The molecule has 31 heavy (non-hydrogen) atoms. The number of aromatic amines is 1. The highest BCUT2D eigenvalue weighted by Gasteiger charge is 2.24. The number of hydrogen-bond donors (Lipinski definition) is 1. The number of thiophene rings is 1. The van der Waals surface area contributed by atoms with Crippen molar-refractivity contribution >= 4 is 50.7 Å². The topological polar surface area (TPSA) is 82.2 Å². The van der Waals surface area contributed by atoms with E-state index in [0.29, 0.717) is 44.1 Å². The molecule has 0 spiro atoms. The molecule has 3 aromatic heterocycles. The number of nitrogens with one attached hydrogen (secondary N) is 1. The zero-order chi connectivity index (χ0) is 21.5. The van der Waals surface area contributed by atoms with Crippen LogP contribution in [0, 0.1) is 0 Å². The molecule has 7 nitrogen and oxygen atoms in total. The molecule has 0 bridgehead atoms. The average Bonchev–Trinajstić information content (AvgIpc) is 3.14. The maximum absolute atomic E-state index is 12.7. The Kier molecular flexibility index (Phi) is 5.73. The van der Waals surface area contributed by atoms with Gasteiger partial charge < -0.3 is 9.88 Å². The van der Waals surface area contributed by atoms with Crippen molar-refractivity contribution in [3.05, 3.63) is 54.6 Å². The van der Waals surface area contributed by atoms with Gasteiger partial charge in [0.1, 0.15) is 15.8 Å². The van der Waals surface area contributed by atoms with Crippen LogP contribution >= 0.6 is 34.5 Å². The van der Waals surface area contributed by atoms with Crippen molar-refractivity contribution in [2.45, 2.75) is 32.2 Å². The number of aromatic nitrogens is 3. The zero-order valence-corrected chi connectivity index (χ0v) is 19.1. The lowest BCUT2D eigenvalue weighted by Crippen LogP contribution is -2.48. The van der Waals surface area contributed by atoms with Crippen molar-refractivity contribution in [3.63, 3.8) is 0 Å². The van der Waals surface area contributed by atoms with E-state index in [4.69, 9.17) is 28.2 Å². The largest absolute Gasteiger partial charge is 0.336 e. The number of H-pyrrole nitrogens is 1. The predicted octanol–water partition coefficient (Wildman–Crippen LogP) is 3.52. The number of carbonyl (C=O) groups excluding carboxylic acids is 1. The van der Waals surface area contributed by atoms with Crippen LogP contribution in [-0.2, 0) is 19.4 Å². The van der Waals surface area contributed by atoms with Gasteiger partial charge in [0.15, 0.2) is 0 Å². The van der Waals surface area contributed by atoms with E-state index in [-0.39, 0.29) is 21.6 Å². The lowest BCUT2D eigenvalue weighted by Gasteiger charge is -2.34. The molecule has 4 heterocycles. The van der Waals surface area contributed by atoms with Gasteiger partial charge >= 0.3 is 0 Å². The van der Waals surface area contributed by atoms with Gasteiger partial charge in [-0.15, -0.1) is 11.3 Å². The Morgan fingerprint density at radius 2 is 1.94 bits per heavy atom. The molecule has 1 saturated heterocycles. The predicted molar refractivity (Wildman–Crippen MR) is 122 cm³/mol. The Morgan fingerprint density at radius 3 is 2.71 bits per heavy atom. The number of halogens is 2. The van der Waals surface area contributed by atoms with E-state index in [1.807, 2.05) is 0 Å². The van der Waals surface area contributed by atoms with Gasteiger partial charge in [-0.25, -0.2) is 9.97 Å². The van der Waals surface area contributed by atoms with Crippen molar-refractivity contribution in [2.24, 2.45) is 0 Å². The SMILES string of the molecule is O=C(c1cnc(Cl)c(Cl)c1)N1CCN(Cc2nc3sc4c(c3c(=O)[nH]2)CCCC4)CC1. The first-order valence-corrected chi connectivity index (χ1v) is 11.9. The van der Waals surface area contributed by atoms with Crippen LogP contribution in [0.2, 0.25) is 10.2 Å². The highest BCUT2D eigenvalue weighted by atomic mass is 35.5. The smallest absolute Gasteiger partial charge is 0.259 e. The van der Waals surface area contributed by atoms with Crippen LogP contribution in [0.25, 0.3) is 10.2 Å². The fourth-order valence-corrected chi connectivity index (χ4v) is 5.88. The fourth-order valence-electron chi connectivity index (χ4n) is 4.32. The number of pyridine rings is 1. The van der Waals surface area contributed by atoms with Gasteiger partial charge in [-0.2, -0.15) is 0 Å². The molecule has 0 atom stereocenters. The summed E-state index contributed by atoms with van der Waals surface area (Å²) in [7, 11) is 0. The van der Waals surface area contributed by atoms with E-state index in [9.17, 15) is 9.59 Å². The molecule has 0 unspecified atom stereocenters. The number of nitrogens with zero attached hydrogens (tertiary/aromatic N) is 4. The van der Waals surface area contributed by atoms with Crippen LogP contribution in [0.4, 0.5) is 0 Å². The van der Waals surface area contributed by atoms with Gasteiger partial charge in [0.25, 0.3) is 11.5 Å². The number of piperazine rings is 1. The number of rotatable bonds is 3. The average molecular weight is 478 g/mol. The molecule has 1 N–H and O–H groups in total. The minimum absolute atomic E-state index is 0.0275. The second kappa shape index (κ2) is 8.50. The summed E-state index contributed by atoms with van der Waals surface area (Å²) in [5.41, 5.74) is 1.61. The minimum Gasteiger partial charge on any atom is -0.336 e. The Labute approximate surface area is 193 Å². The molecule has 5 rings (SSSR count). The van der Waals surface area contributed by atoms with Crippen molar-refractivity contribution in [1.29, 1.82) is 0 Å². The quantitative estimate of drug-likeness (QED) is 0.583. The second-order valence-electron chi connectivity index (χ2n) is 7.97. The highest BCUT2D eigenvalue weighted by molar-refractivity contribution is 7.18. The highest BCUT2D eigenvalue weighted by Crippen LogP contribution is 2.33. The molecule has 2 aliphatic rings. The first-order valence-electron chi connectivity index (χ1n) is 10.4. The summed E-state index contributed by atoms with van der Waals surface area (Å²) in [6, 6.07) is 1.55. The first-order chi connectivity index (χ1) is 15.0. The molecule has 10 heteroatoms. The monoisotopic (exact) mass is 477 g/mol. The molecule has 1 amide bonds. The van der Waals surface area contributed by atoms with E-state index < -0.39 is 0 Å². The van der Waals surface area contributed by atoms with Gasteiger partial charge in [0.05, 0.1) is 22.5 Å². The van der Waals surface area contributed by atoms with Crippen molar-refractivity contribution in [1.82, 2.24) is 24.8 Å². The van der Waals surface area contributed by atoms with Gasteiger partial charge in [-0.1, -0.05) is 23.2 Å². The summed E-state index contributed by atoms with van der Waals surface area (Å²) in [4.78, 5) is 43.3. The fraction of sp³-hybridized carbons (Fsp3) is 0.429. The lowest BCUT2D eigenvalue weighted by atomic mass is 9.97. The molecule has 0 aromatic carbocycles. The second-order valence-corrected chi connectivity index (χ2v) is 9.82. The van der Waals surface area contributed by atoms with Gasteiger partial charge in [-0.3, -0.25) is 14.5 Å². The van der Waals surface area contributed by atoms with E-state index in [2.05, 4.69) is 14.9 Å². The van der Waals surface area contributed by atoms with Crippen molar-refractivity contribution in [2.75, 3.05) is 26.2 Å². The molecule has 1 aliphatic carbocycles. The Balaban J connectivity index is 1.26. The Bertz CT molecular complexity index is 1220. The normalized spacial score (nSPS) is 17.2. The Hall–Kier alpha value is -2.00. The molecule has 1 aliphatic heterocycles. The molecule has 3 aromatic rings. The van der Waals surface area contributed by atoms with Gasteiger partial charge in [-0.05, 0) is 37.3 Å². The molecule has 0 saturated carbocycles. The number of amides is 1. The first kappa shape index (κ1) is 20.9. The Morgan fingerprint density at radius 1 is 1.16 bits per heavy atom. The third kappa shape index (κ3) is 4.09. The van der Waals surface area contributed by atoms with Crippen LogP contribution in [0.1, 0.15) is 39.5 Å². The summed E-state index contributed by atoms with van der Waals surface area (Å²) in [5.74, 6) is 0.576. The maximum Gasteiger partial charge on any atom is 0.259 e. The van der Waals surface area contributed by atoms with Crippen LogP contribution in [0.15, 0.2) is 17.1 Å².